The summed E-state index contributed by atoms with van der Waals surface area (Å²) in [5.41, 5.74) is 4.91. The van der Waals surface area contributed by atoms with Gasteiger partial charge in [-0.1, -0.05) is 36.4 Å². The number of nitrogens with one attached hydrogen (secondary N) is 2. The average Bonchev–Trinajstić information content (AvgIpc) is 3.39. The second-order valence-corrected chi connectivity index (χ2v) is 10.8. The molecule has 4 rings (SSSR count). The van der Waals surface area contributed by atoms with Crippen LogP contribution >= 0.6 is 12.2 Å². The van der Waals surface area contributed by atoms with Crippen molar-refractivity contribution >= 4 is 39.3 Å². The van der Waals surface area contributed by atoms with Crippen molar-refractivity contribution in [1.82, 2.24) is 24.5 Å². The van der Waals surface area contributed by atoms with Gasteiger partial charge in [0.25, 0.3) is 0 Å². The number of ether oxygens (including phenoxy) is 1. The number of thiocarbonyl (C=S) groups is 1. The number of halogens is 3. The number of rotatable bonds is 8. The molecule has 4 aromatic rings. The second kappa shape index (κ2) is 11.8. The third kappa shape index (κ3) is 7.19. The molecule has 0 aliphatic carbocycles. The van der Waals surface area contributed by atoms with Crippen LogP contribution in [0.2, 0.25) is 0 Å². The molecular weight excluding hydrogens is 567 g/mol. The molecule has 0 aliphatic rings. The number of hydrazone groups is 1. The van der Waals surface area contributed by atoms with Crippen LogP contribution < -0.4 is 15.5 Å². The molecule has 0 radical (unpaired) electrons. The summed E-state index contributed by atoms with van der Waals surface area (Å²) < 4.78 is 68.5. The van der Waals surface area contributed by atoms with E-state index in [4.69, 9.17) is 12.2 Å². The predicted molar refractivity (Wildman–Crippen MR) is 148 cm³/mol. The Kier molecular flexibility index (Phi) is 8.46. The zero-order chi connectivity index (χ0) is 28.9. The van der Waals surface area contributed by atoms with Crippen LogP contribution in [0.15, 0.2) is 89.1 Å². The van der Waals surface area contributed by atoms with Gasteiger partial charge in [0.15, 0.2) is 10.9 Å². The van der Waals surface area contributed by atoms with Crippen LogP contribution in [0.5, 0.6) is 5.75 Å². The highest BCUT2D eigenvalue weighted by atomic mass is 32.2. The van der Waals surface area contributed by atoms with Gasteiger partial charge in [0, 0.05) is 19.7 Å². The van der Waals surface area contributed by atoms with Crippen LogP contribution in [0.3, 0.4) is 0 Å². The number of aromatic nitrogens is 3. The number of hydrogen-bond acceptors (Lipinski definition) is 7. The molecule has 1 heterocycles. The van der Waals surface area contributed by atoms with E-state index in [9.17, 15) is 21.6 Å². The molecule has 1 aromatic heterocycles. The molecule has 0 atom stereocenters. The van der Waals surface area contributed by atoms with Gasteiger partial charge in [0.1, 0.15) is 17.0 Å². The fraction of sp³-hybridized carbons (Fsp3) is 0.120. The van der Waals surface area contributed by atoms with E-state index >= 15 is 0 Å². The van der Waals surface area contributed by atoms with Gasteiger partial charge >= 0.3 is 6.36 Å². The molecule has 0 amide bonds. The fourth-order valence-corrected chi connectivity index (χ4v) is 4.55. The summed E-state index contributed by atoms with van der Waals surface area (Å²) in [7, 11) is -0.789. The molecule has 208 valence electrons. The Morgan fingerprint density at radius 2 is 1.73 bits per heavy atom. The zero-order valence-corrected chi connectivity index (χ0v) is 22.6. The largest absolute Gasteiger partial charge is 0.573 e. The zero-order valence-electron chi connectivity index (χ0n) is 21.0. The maximum Gasteiger partial charge on any atom is 0.573 e. The summed E-state index contributed by atoms with van der Waals surface area (Å²) in [6, 6.07) is 18.7. The van der Waals surface area contributed by atoms with Crippen LogP contribution in [-0.2, 0) is 10.0 Å². The van der Waals surface area contributed by atoms with E-state index in [2.05, 4.69) is 30.7 Å². The lowest BCUT2D eigenvalue weighted by Gasteiger charge is -2.16. The summed E-state index contributed by atoms with van der Waals surface area (Å²) in [4.78, 5) is 4.33. The van der Waals surface area contributed by atoms with E-state index < -0.39 is 16.4 Å². The minimum absolute atomic E-state index is 0.0762. The Morgan fingerprint density at radius 3 is 2.38 bits per heavy atom. The molecule has 0 bridgehead atoms. The van der Waals surface area contributed by atoms with Crippen molar-refractivity contribution in [3.63, 3.8) is 0 Å². The van der Waals surface area contributed by atoms with Crippen LogP contribution in [0.4, 0.5) is 18.9 Å². The average molecular weight is 590 g/mol. The molecule has 2 N–H and O–H groups in total. The van der Waals surface area contributed by atoms with Crippen molar-refractivity contribution < 1.29 is 26.3 Å². The first-order chi connectivity index (χ1) is 18.9. The third-order valence-corrected chi connectivity index (χ3v) is 7.34. The van der Waals surface area contributed by atoms with Crippen molar-refractivity contribution in [1.29, 1.82) is 0 Å². The predicted octanol–water partition coefficient (Wildman–Crippen LogP) is 4.40. The van der Waals surface area contributed by atoms with Gasteiger partial charge in [0.05, 0.1) is 17.6 Å². The van der Waals surface area contributed by atoms with Gasteiger partial charge in [-0.05, 0) is 54.2 Å². The SMILES string of the molecule is CN(C)S(=O)(=O)c1ccccc1NC(=S)N/N=C/c1ccc(-c2ncn(-c3ccc(OC(F)(F)F)cc3)n2)cc1. The maximum absolute atomic E-state index is 12.5. The van der Waals surface area contributed by atoms with Crippen molar-refractivity contribution in [2.45, 2.75) is 11.3 Å². The lowest BCUT2D eigenvalue weighted by atomic mass is 10.1. The summed E-state index contributed by atoms with van der Waals surface area (Å²) in [6.45, 7) is 0. The van der Waals surface area contributed by atoms with Gasteiger partial charge < -0.3 is 10.1 Å². The molecule has 3 aromatic carbocycles. The van der Waals surface area contributed by atoms with Crippen LogP contribution in [0.1, 0.15) is 5.56 Å². The molecule has 0 fully saturated rings. The van der Waals surface area contributed by atoms with Gasteiger partial charge in [0.2, 0.25) is 10.0 Å². The topological polar surface area (TPSA) is 114 Å². The standard InChI is InChI=1S/C25H22F3N7O3S2/c1-34(2)40(36,37)22-6-4-3-5-21(22)31-24(39)32-30-15-17-7-9-18(10-8-17)23-29-16-35(33-23)19-11-13-20(14-12-19)38-25(26,27)28/h3-16H,1-2H3,(H2,31,32,39)/b30-15+. The van der Waals surface area contributed by atoms with Crippen LogP contribution in [-0.4, -0.2) is 59.3 Å². The molecule has 0 aliphatic heterocycles. The Labute approximate surface area is 233 Å². The normalized spacial score (nSPS) is 12.1. The fourth-order valence-electron chi connectivity index (χ4n) is 3.35. The van der Waals surface area contributed by atoms with E-state index in [0.717, 1.165) is 9.87 Å². The highest BCUT2D eigenvalue weighted by molar-refractivity contribution is 7.89. The summed E-state index contributed by atoms with van der Waals surface area (Å²) in [5, 5.41) is 11.4. The molecule has 0 spiro atoms. The van der Waals surface area contributed by atoms with Gasteiger partial charge in [-0.25, -0.2) is 22.4 Å². The Hall–Kier alpha value is -4.34. The first-order valence-corrected chi connectivity index (χ1v) is 13.3. The summed E-state index contributed by atoms with van der Waals surface area (Å²) in [6.07, 6.45) is -1.79. The monoisotopic (exact) mass is 589 g/mol. The lowest BCUT2D eigenvalue weighted by Crippen LogP contribution is -2.27. The smallest absolute Gasteiger partial charge is 0.406 e. The van der Waals surface area contributed by atoms with Crippen molar-refractivity contribution in [3.05, 3.63) is 84.7 Å². The molecule has 15 heteroatoms. The van der Waals surface area contributed by atoms with E-state index in [1.165, 1.54) is 61.7 Å². The number of alkyl halides is 3. The molecule has 0 saturated carbocycles. The molecule has 0 unspecified atom stereocenters. The van der Waals surface area contributed by atoms with Crippen LogP contribution in [0.25, 0.3) is 17.1 Å². The number of para-hydroxylation sites is 1. The van der Waals surface area contributed by atoms with E-state index in [0.29, 0.717) is 22.8 Å². The summed E-state index contributed by atoms with van der Waals surface area (Å²) in [5.74, 6) is 0.0796. The van der Waals surface area contributed by atoms with E-state index in [1.54, 1.807) is 42.5 Å². The van der Waals surface area contributed by atoms with Gasteiger partial charge in [-0.15, -0.1) is 18.3 Å². The minimum atomic E-state index is -4.76. The highest BCUT2D eigenvalue weighted by Gasteiger charge is 2.31. The Bertz CT molecular complexity index is 1620. The number of nitrogens with zero attached hydrogens (tertiary/aromatic N) is 5. The number of sulfonamides is 1. The number of anilines is 1. The van der Waals surface area contributed by atoms with E-state index in [-0.39, 0.29) is 15.8 Å². The maximum atomic E-state index is 12.5. The van der Waals surface area contributed by atoms with Crippen molar-refractivity contribution in [2.75, 3.05) is 19.4 Å². The second-order valence-electron chi connectivity index (χ2n) is 8.28. The van der Waals surface area contributed by atoms with Gasteiger partial charge in [-0.2, -0.15) is 5.10 Å². The Morgan fingerprint density at radius 1 is 1.05 bits per heavy atom. The van der Waals surface area contributed by atoms with Crippen molar-refractivity contribution in [3.8, 4) is 22.8 Å². The first-order valence-electron chi connectivity index (χ1n) is 11.4. The molecular formula is C25H22F3N7O3S2. The number of benzene rings is 3. The Balaban J connectivity index is 1.36. The molecule has 40 heavy (non-hydrogen) atoms. The van der Waals surface area contributed by atoms with Crippen LogP contribution in [0, 0.1) is 0 Å². The van der Waals surface area contributed by atoms with Crippen molar-refractivity contribution in [2.24, 2.45) is 5.10 Å². The van der Waals surface area contributed by atoms with Gasteiger partial charge in [-0.3, -0.25) is 5.43 Å². The highest BCUT2D eigenvalue weighted by Crippen LogP contribution is 2.25. The third-order valence-electron chi connectivity index (χ3n) is 5.27. The lowest BCUT2D eigenvalue weighted by molar-refractivity contribution is -0.274. The minimum Gasteiger partial charge on any atom is -0.406 e. The van der Waals surface area contributed by atoms with E-state index in [1.807, 2.05) is 0 Å². The summed E-state index contributed by atoms with van der Waals surface area (Å²) >= 11 is 5.24. The number of hydrogen-bond donors (Lipinski definition) is 2. The molecule has 10 nitrogen and oxygen atoms in total. The first kappa shape index (κ1) is 28.7. The molecule has 0 saturated heterocycles. The quantitative estimate of drug-likeness (QED) is 0.177.